The fraction of sp³-hybridized carbons (Fsp3) is 0.375. The van der Waals surface area contributed by atoms with Crippen LogP contribution in [0.5, 0.6) is 5.88 Å². The molecule has 0 saturated heterocycles. The standard InChI is InChI=1S/C24H27N3O3/c28-22(11-6-12-23-27-17-21(30-23)19-7-2-1-3-8-19)26-16-18-13-14-25-24(15-18)29-20-9-4-5-10-20/h1-3,7-8,13-15,17,20H,4-6,9-12,16H2,(H,26,28). The van der Waals surface area contributed by atoms with Gasteiger partial charge in [-0.2, -0.15) is 0 Å². The Balaban J connectivity index is 1.19. The molecule has 0 bridgehead atoms. The summed E-state index contributed by atoms with van der Waals surface area (Å²) >= 11 is 0. The van der Waals surface area contributed by atoms with E-state index in [0.717, 1.165) is 29.7 Å². The van der Waals surface area contributed by atoms with Gasteiger partial charge < -0.3 is 14.5 Å². The number of oxazole rings is 1. The van der Waals surface area contributed by atoms with Crippen LogP contribution in [-0.2, 0) is 17.8 Å². The van der Waals surface area contributed by atoms with Crippen LogP contribution in [0, 0.1) is 0 Å². The number of aromatic nitrogens is 2. The number of ether oxygens (including phenoxy) is 1. The molecule has 156 valence electrons. The fourth-order valence-corrected chi connectivity index (χ4v) is 3.65. The molecule has 1 aliphatic carbocycles. The Kier molecular flexibility index (Phi) is 6.75. The van der Waals surface area contributed by atoms with E-state index < -0.39 is 0 Å². The Bertz CT molecular complexity index is 949. The minimum atomic E-state index is 0.0138. The highest BCUT2D eigenvalue weighted by molar-refractivity contribution is 5.75. The van der Waals surface area contributed by atoms with E-state index >= 15 is 0 Å². The first kappa shape index (κ1) is 20.1. The van der Waals surface area contributed by atoms with Crippen molar-refractivity contribution in [2.75, 3.05) is 0 Å². The van der Waals surface area contributed by atoms with E-state index in [9.17, 15) is 4.79 Å². The third kappa shape index (κ3) is 5.69. The summed E-state index contributed by atoms with van der Waals surface area (Å²) in [4.78, 5) is 20.8. The zero-order chi connectivity index (χ0) is 20.6. The van der Waals surface area contributed by atoms with Gasteiger partial charge in [0, 0.05) is 37.2 Å². The highest BCUT2D eigenvalue weighted by Gasteiger charge is 2.17. The molecule has 0 spiro atoms. The van der Waals surface area contributed by atoms with Crippen LogP contribution in [0.4, 0.5) is 0 Å². The molecule has 4 rings (SSSR count). The maximum atomic E-state index is 12.2. The lowest BCUT2D eigenvalue weighted by atomic mass is 10.2. The molecule has 6 heteroatoms. The lowest BCUT2D eigenvalue weighted by Gasteiger charge is -2.13. The predicted octanol–water partition coefficient (Wildman–Crippen LogP) is 4.70. The van der Waals surface area contributed by atoms with Crippen LogP contribution in [0.25, 0.3) is 11.3 Å². The van der Waals surface area contributed by atoms with E-state index in [1.54, 1.807) is 12.4 Å². The van der Waals surface area contributed by atoms with Gasteiger partial charge in [-0.05, 0) is 43.7 Å². The first-order valence-corrected chi connectivity index (χ1v) is 10.6. The van der Waals surface area contributed by atoms with Crippen LogP contribution in [0.3, 0.4) is 0 Å². The van der Waals surface area contributed by atoms with Gasteiger partial charge in [-0.1, -0.05) is 30.3 Å². The average molecular weight is 405 g/mol. The fourth-order valence-electron chi connectivity index (χ4n) is 3.65. The van der Waals surface area contributed by atoms with Gasteiger partial charge in [-0.25, -0.2) is 9.97 Å². The minimum Gasteiger partial charge on any atom is -0.474 e. The number of pyridine rings is 1. The summed E-state index contributed by atoms with van der Waals surface area (Å²) in [7, 11) is 0. The third-order valence-corrected chi connectivity index (χ3v) is 5.28. The number of benzene rings is 1. The molecule has 1 fully saturated rings. The van der Waals surface area contributed by atoms with Gasteiger partial charge in [-0.15, -0.1) is 0 Å². The van der Waals surface area contributed by atoms with Crippen LogP contribution in [0.15, 0.2) is 59.3 Å². The van der Waals surface area contributed by atoms with E-state index in [1.807, 2.05) is 42.5 Å². The van der Waals surface area contributed by atoms with E-state index in [-0.39, 0.29) is 12.0 Å². The Morgan fingerprint density at radius 3 is 2.80 bits per heavy atom. The predicted molar refractivity (Wildman–Crippen MR) is 114 cm³/mol. The number of carbonyl (C=O) groups excluding carboxylic acids is 1. The molecular formula is C24H27N3O3. The van der Waals surface area contributed by atoms with E-state index in [0.29, 0.717) is 37.6 Å². The van der Waals surface area contributed by atoms with Gasteiger partial charge >= 0.3 is 0 Å². The second kappa shape index (κ2) is 10.1. The van der Waals surface area contributed by atoms with Crippen LogP contribution in [0.2, 0.25) is 0 Å². The zero-order valence-corrected chi connectivity index (χ0v) is 17.0. The molecule has 1 amide bonds. The Labute approximate surface area is 176 Å². The molecular weight excluding hydrogens is 378 g/mol. The van der Waals surface area contributed by atoms with Crippen LogP contribution >= 0.6 is 0 Å². The number of hydrogen-bond acceptors (Lipinski definition) is 5. The SMILES string of the molecule is O=C(CCCc1ncc(-c2ccccc2)o1)NCc1ccnc(OC2CCCC2)c1. The zero-order valence-electron chi connectivity index (χ0n) is 17.0. The molecule has 6 nitrogen and oxygen atoms in total. The molecule has 0 aliphatic heterocycles. The molecule has 2 aromatic heterocycles. The van der Waals surface area contributed by atoms with Crippen molar-refractivity contribution in [1.29, 1.82) is 0 Å². The summed E-state index contributed by atoms with van der Waals surface area (Å²) in [6.07, 6.45) is 10.1. The summed E-state index contributed by atoms with van der Waals surface area (Å²) in [5.74, 6) is 2.07. The lowest BCUT2D eigenvalue weighted by Crippen LogP contribution is -2.22. The van der Waals surface area contributed by atoms with Gasteiger partial charge in [0.15, 0.2) is 11.7 Å². The molecule has 0 radical (unpaired) electrons. The normalized spacial score (nSPS) is 14.0. The van der Waals surface area contributed by atoms with Crippen molar-refractivity contribution in [2.24, 2.45) is 0 Å². The number of aryl methyl sites for hydroxylation is 1. The maximum Gasteiger partial charge on any atom is 0.220 e. The van der Waals surface area contributed by atoms with Crippen molar-refractivity contribution in [1.82, 2.24) is 15.3 Å². The molecule has 2 heterocycles. The van der Waals surface area contributed by atoms with Crippen LogP contribution < -0.4 is 10.1 Å². The van der Waals surface area contributed by atoms with Gasteiger partial charge in [0.2, 0.25) is 11.8 Å². The largest absolute Gasteiger partial charge is 0.474 e. The van der Waals surface area contributed by atoms with Crippen molar-refractivity contribution in [3.05, 3.63) is 66.3 Å². The molecule has 0 atom stereocenters. The Hall–Kier alpha value is -3.15. The number of carbonyl (C=O) groups is 1. The monoisotopic (exact) mass is 405 g/mol. The van der Waals surface area contributed by atoms with Crippen LogP contribution in [0.1, 0.15) is 50.0 Å². The molecule has 3 aromatic rings. The van der Waals surface area contributed by atoms with E-state index in [2.05, 4.69) is 15.3 Å². The van der Waals surface area contributed by atoms with Crippen molar-refractivity contribution >= 4 is 5.91 Å². The first-order valence-electron chi connectivity index (χ1n) is 10.6. The van der Waals surface area contributed by atoms with Crippen molar-refractivity contribution in [3.63, 3.8) is 0 Å². The van der Waals surface area contributed by atoms with E-state index in [1.165, 1.54) is 12.8 Å². The third-order valence-electron chi connectivity index (χ3n) is 5.28. The number of hydrogen-bond donors (Lipinski definition) is 1. The summed E-state index contributed by atoms with van der Waals surface area (Å²) in [5.41, 5.74) is 1.99. The topological polar surface area (TPSA) is 77.3 Å². The quantitative estimate of drug-likeness (QED) is 0.558. The van der Waals surface area contributed by atoms with Gasteiger partial charge in [-0.3, -0.25) is 4.79 Å². The van der Waals surface area contributed by atoms with Crippen molar-refractivity contribution in [3.8, 4) is 17.2 Å². The number of nitrogens with one attached hydrogen (secondary N) is 1. The summed E-state index contributed by atoms with van der Waals surface area (Å²) in [6, 6.07) is 13.7. The molecule has 30 heavy (non-hydrogen) atoms. The van der Waals surface area contributed by atoms with Crippen molar-refractivity contribution in [2.45, 2.75) is 57.6 Å². The van der Waals surface area contributed by atoms with Crippen LogP contribution in [-0.4, -0.2) is 22.0 Å². The molecule has 1 aromatic carbocycles. The highest BCUT2D eigenvalue weighted by Crippen LogP contribution is 2.23. The molecule has 1 saturated carbocycles. The molecule has 1 aliphatic rings. The second-order valence-electron chi connectivity index (χ2n) is 7.64. The van der Waals surface area contributed by atoms with Gasteiger partial charge in [0.25, 0.3) is 0 Å². The number of amides is 1. The smallest absolute Gasteiger partial charge is 0.220 e. The first-order chi connectivity index (χ1) is 14.8. The number of nitrogens with zero attached hydrogens (tertiary/aromatic N) is 2. The number of rotatable bonds is 9. The van der Waals surface area contributed by atoms with Crippen molar-refractivity contribution < 1.29 is 13.9 Å². The second-order valence-corrected chi connectivity index (χ2v) is 7.64. The molecule has 0 unspecified atom stereocenters. The van der Waals surface area contributed by atoms with Gasteiger partial charge in [0.05, 0.1) is 6.20 Å². The Morgan fingerprint density at radius 2 is 1.97 bits per heavy atom. The highest BCUT2D eigenvalue weighted by atomic mass is 16.5. The summed E-state index contributed by atoms with van der Waals surface area (Å²) in [5, 5.41) is 2.96. The van der Waals surface area contributed by atoms with E-state index in [4.69, 9.17) is 9.15 Å². The maximum absolute atomic E-state index is 12.2. The minimum absolute atomic E-state index is 0.0138. The Morgan fingerprint density at radius 1 is 1.13 bits per heavy atom. The summed E-state index contributed by atoms with van der Waals surface area (Å²) < 4.78 is 11.7. The average Bonchev–Trinajstić information content (AvgIpc) is 3.46. The molecule has 1 N–H and O–H groups in total. The lowest BCUT2D eigenvalue weighted by molar-refractivity contribution is -0.121. The van der Waals surface area contributed by atoms with Gasteiger partial charge in [0.1, 0.15) is 6.10 Å². The summed E-state index contributed by atoms with van der Waals surface area (Å²) in [6.45, 7) is 0.472.